The Balaban J connectivity index is 2.28. The first kappa shape index (κ1) is 15.8. The predicted molar refractivity (Wildman–Crippen MR) is 78.3 cm³/mol. The first-order valence-electron chi connectivity index (χ1n) is 6.05. The molecule has 2 rings (SSSR count). The molecule has 0 radical (unpaired) electrons. The van der Waals surface area contributed by atoms with Gasteiger partial charge in [-0.2, -0.15) is 0 Å². The Morgan fingerprint density at radius 2 is 1.90 bits per heavy atom. The minimum absolute atomic E-state index is 0.149. The van der Waals surface area contributed by atoms with Crippen molar-refractivity contribution in [2.75, 3.05) is 11.5 Å². The van der Waals surface area contributed by atoms with Crippen LogP contribution < -0.4 is 4.72 Å². The highest BCUT2D eigenvalue weighted by molar-refractivity contribution is 7.92. The summed E-state index contributed by atoms with van der Waals surface area (Å²) in [6.45, 7) is 3.57. The molecule has 1 aliphatic rings. The van der Waals surface area contributed by atoms with Gasteiger partial charge in [0.1, 0.15) is 0 Å². The van der Waals surface area contributed by atoms with Crippen molar-refractivity contribution in [1.82, 2.24) is 4.72 Å². The molecule has 1 fully saturated rings. The van der Waals surface area contributed by atoms with Gasteiger partial charge in [-0.05, 0) is 25.5 Å². The van der Waals surface area contributed by atoms with E-state index in [1.165, 1.54) is 6.07 Å². The monoisotopic (exact) mass is 337 g/mol. The quantitative estimate of drug-likeness (QED) is 0.834. The highest BCUT2D eigenvalue weighted by Gasteiger charge is 2.39. The van der Waals surface area contributed by atoms with Crippen molar-refractivity contribution < 1.29 is 16.8 Å². The molecule has 1 aliphatic heterocycles. The molecule has 1 aromatic rings. The lowest BCUT2D eigenvalue weighted by molar-refractivity contribution is 0.563. The molecule has 112 valence electrons. The third-order valence-corrected chi connectivity index (χ3v) is 7.24. The first-order valence-corrected chi connectivity index (χ1v) is 9.79. The molecule has 0 aromatic heterocycles. The van der Waals surface area contributed by atoms with Crippen molar-refractivity contribution >= 4 is 31.5 Å². The van der Waals surface area contributed by atoms with Crippen LogP contribution in [0.4, 0.5) is 0 Å². The number of aryl methyl sites for hydroxylation is 2. The van der Waals surface area contributed by atoms with E-state index in [4.69, 9.17) is 11.6 Å². The molecule has 1 heterocycles. The van der Waals surface area contributed by atoms with Crippen molar-refractivity contribution in [2.45, 2.75) is 30.2 Å². The van der Waals surface area contributed by atoms with Crippen molar-refractivity contribution in [3.8, 4) is 0 Å². The highest BCUT2D eigenvalue weighted by Crippen LogP contribution is 2.22. The van der Waals surface area contributed by atoms with Crippen LogP contribution in [0.1, 0.15) is 11.1 Å². The van der Waals surface area contributed by atoms with E-state index in [2.05, 4.69) is 4.72 Å². The number of hydrogen-bond acceptors (Lipinski definition) is 4. The van der Waals surface area contributed by atoms with E-state index in [9.17, 15) is 16.8 Å². The van der Waals surface area contributed by atoms with Gasteiger partial charge in [0.15, 0.2) is 9.84 Å². The zero-order valence-electron chi connectivity index (χ0n) is 11.1. The Kier molecular flexibility index (Phi) is 4.17. The average molecular weight is 338 g/mol. The predicted octanol–water partition coefficient (Wildman–Crippen LogP) is 0.986. The van der Waals surface area contributed by atoms with E-state index in [1.54, 1.807) is 19.1 Å². The lowest BCUT2D eigenvalue weighted by atomic mass is 10.2. The number of hydrogen-bond donors (Lipinski definition) is 1. The molecule has 0 spiro atoms. The van der Waals surface area contributed by atoms with Crippen LogP contribution in [-0.4, -0.2) is 39.8 Å². The Hall–Kier alpha value is -0.630. The highest BCUT2D eigenvalue weighted by atomic mass is 35.5. The van der Waals surface area contributed by atoms with E-state index in [-0.39, 0.29) is 16.4 Å². The molecule has 1 aromatic carbocycles. The van der Waals surface area contributed by atoms with Crippen LogP contribution in [0.3, 0.4) is 0 Å². The van der Waals surface area contributed by atoms with Crippen molar-refractivity contribution in [1.29, 1.82) is 0 Å². The Bertz CT molecular complexity index is 728. The van der Waals surface area contributed by atoms with Gasteiger partial charge in [-0.25, -0.2) is 21.6 Å². The smallest absolute Gasteiger partial charge is 0.229 e. The number of nitrogens with one attached hydrogen (secondary N) is 1. The van der Waals surface area contributed by atoms with E-state index >= 15 is 0 Å². The van der Waals surface area contributed by atoms with Crippen LogP contribution in [0.25, 0.3) is 0 Å². The number of sulfonamides is 1. The molecule has 2 unspecified atom stereocenters. The number of halogens is 1. The van der Waals surface area contributed by atoms with Gasteiger partial charge >= 0.3 is 0 Å². The summed E-state index contributed by atoms with van der Waals surface area (Å²) in [5.41, 5.74) is 1.57. The summed E-state index contributed by atoms with van der Waals surface area (Å²) in [5, 5.41) is -0.736. The maximum atomic E-state index is 12.3. The number of benzene rings is 1. The van der Waals surface area contributed by atoms with Crippen LogP contribution in [0.15, 0.2) is 23.1 Å². The summed E-state index contributed by atoms with van der Waals surface area (Å²) in [7, 11) is -7.05. The molecule has 8 heteroatoms. The van der Waals surface area contributed by atoms with Gasteiger partial charge in [0, 0.05) is 0 Å². The average Bonchev–Trinajstić information content (AvgIpc) is 2.50. The number of rotatable bonds is 3. The first-order chi connectivity index (χ1) is 9.11. The topological polar surface area (TPSA) is 80.3 Å². The number of sulfone groups is 1. The lowest BCUT2D eigenvalue weighted by Crippen LogP contribution is -2.40. The molecule has 0 saturated carbocycles. The Labute approximate surface area is 124 Å². The molecule has 0 amide bonds. The largest absolute Gasteiger partial charge is 0.241 e. The normalized spacial score (nSPS) is 25.8. The van der Waals surface area contributed by atoms with Gasteiger partial charge in [-0.3, -0.25) is 0 Å². The Morgan fingerprint density at radius 1 is 1.25 bits per heavy atom. The van der Waals surface area contributed by atoms with Crippen molar-refractivity contribution in [3.05, 3.63) is 29.3 Å². The fraction of sp³-hybridized carbons (Fsp3) is 0.500. The summed E-state index contributed by atoms with van der Waals surface area (Å²) in [6, 6.07) is 4.19. The second-order valence-corrected chi connectivity index (χ2v) is 9.49. The van der Waals surface area contributed by atoms with Crippen LogP contribution >= 0.6 is 11.6 Å². The third-order valence-electron chi connectivity index (χ3n) is 3.21. The standard InChI is InChI=1S/C12H16ClNO4S2/c1-8-3-4-12(9(2)5-8)20(17,18)14-11-7-19(15,16)6-10(11)13/h3-5,10-11,14H,6-7H2,1-2H3. The molecule has 1 saturated heterocycles. The summed E-state index contributed by atoms with van der Waals surface area (Å²) >= 11 is 5.92. The summed E-state index contributed by atoms with van der Waals surface area (Å²) < 4.78 is 50.0. The van der Waals surface area contributed by atoms with Crippen LogP contribution in [0, 0.1) is 13.8 Å². The van der Waals surface area contributed by atoms with Crippen molar-refractivity contribution in [2.24, 2.45) is 0 Å². The molecule has 0 bridgehead atoms. The van der Waals surface area contributed by atoms with Crippen LogP contribution in [0.5, 0.6) is 0 Å². The molecule has 0 aliphatic carbocycles. The zero-order chi connectivity index (χ0) is 15.1. The fourth-order valence-electron chi connectivity index (χ4n) is 2.28. The van der Waals surface area contributed by atoms with Gasteiger partial charge in [-0.15, -0.1) is 11.6 Å². The van der Waals surface area contributed by atoms with Crippen molar-refractivity contribution in [3.63, 3.8) is 0 Å². The number of alkyl halides is 1. The zero-order valence-corrected chi connectivity index (χ0v) is 13.5. The maximum absolute atomic E-state index is 12.3. The van der Waals surface area contributed by atoms with Gasteiger partial charge < -0.3 is 0 Å². The van der Waals surface area contributed by atoms with Gasteiger partial charge in [0.05, 0.1) is 27.8 Å². The second-order valence-electron chi connectivity index (χ2n) is 5.09. The summed E-state index contributed by atoms with van der Waals surface area (Å²) in [5.74, 6) is -0.458. The Morgan fingerprint density at radius 3 is 2.40 bits per heavy atom. The summed E-state index contributed by atoms with van der Waals surface area (Å²) in [6.07, 6.45) is 0. The molecule has 2 atom stereocenters. The SMILES string of the molecule is Cc1ccc(S(=O)(=O)NC2CS(=O)(=O)CC2Cl)c(C)c1. The van der Waals surface area contributed by atoms with Gasteiger partial charge in [0.25, 0.3) is 0 Å². The van der Waals surface area contributed by atoms with E-state index in [0.717, 1.165) is 5.56 Å². The molecule has 5 nitrogen and oxygen atoms in total. The van der Waals surface area contributed by atoms with Crippen LogP contribution in [0.2, 0.25) is 0 Å². The third kappa shape index (κ3) is 3.33. The lowest BCUT2D eigenvalue weighted by Gasteiger charge is -2.16. The summed E-state index contributed by atoms with van der Waals surface area (Å²) in [4.78, 5) is 0.149. The van der Waals surface area contributed by atoms with Crippen LogP contribution in [-0.2, 0) is 19.9 Å². The second kappa shape index (κ2) is 5.29. The van der Waals surface area contributed by atoms with Gasteiger partial charge in [-0.1, -0.05) is 17.7 Å². The molecular weight excluding hydrogens is 322 g/mol. The molecular formula is C12H16ClNO4S2. The van der Waals surface area contributed by atoms with Gasteiger partial charge in [0.2, 0.25) is 10.0 Å². The van der Waals surface area contributed by atoms with E-state index in [0.29, 0.717) is 5.56 Å². The minimum Gasteiger partial charge on any atom is -0.229 e. The fourth-order valence-corrected chi connectivity index (χ4v) is 6.51. The molecule has 1 N–H and O–H groups in total. The maximum Gasteiger partial charge on any atom is 0.241 e. The minimum atomic E-state index is -3.77. The van der Waals surface area contributed by atoms with E-state index < -0.39 is 31.3 Å². The molecule has 20 heavy (non-hydrogen) atoms. The van der Waals surface area contributed by atoms with E-state index in [1.807, 2.05) is 6.92 Å².